The largest absolute Gasteiger partial charge is 0.397 e. The molecule has 0 aliphatic heterocycles. The number of nitrogen functional groups attached to an aromatic ring is 1. The van der Waals surface area contributed by atoms with Crippen LogP contribution in [-0.2, 0) is 0 Å². The molecule has 5 heteroatoms. The molecule has 0 bridgehead atoms. The smallest absolute Gasteiger partial charge is 0.263 e. The molecule has 1 heterocycles. The van der Waals surface area contributed by atoms with Crippen molar-refractivity contribution in [1.82, 2.24) is 5.32 Å². The fraction of sp³-hybridized carbons (Fsp3) is 0.545. The highest BCUT2D eigenvalue weighted by Gasteiger charge is 2.12. The van der Waals surface area contributed by atoms with Gasteiger partial charge in [-0.25, -0.2) is 0 Å². The first-order chi connectivity index (χ1) is 7.69. The summed E-state index contributed by atoms with van der Waals surface area (Å²) in [6.45, 7) is 2.80. The maximum absolute atomic E-state index is 11.7. The molecule has 0 saturated carbocycles. The van der Waals surface area contributed by atoms with E-state index in [1.807, 2.05) is 6.92 Å². The van der Waals surface area contributed by atoms with Crippen LogP contribution in [0.5, 0.6) is 0 Å². The summed E-state index contributed by atoms with van der Waals surface area (Å²) >= 11 is 1.34. The van der Waals surface area contributed by atoms with Crippen molar-refractivity contribution in [2.24, 2.45) is 5.92 Å². The number of amides is 1. The Morgan fingerprint density at radius 1 is 1.69 bits per heavy atom. The zero-order valence-electron chi connectivity index (χ0n) is 9.40. The van der Waals surface area contributed by atoms with E-state index in [1.54, 1.807) is 11.4 Å². The second kappa shape index (κ2) is 6.50. The lowest BCUT2D eigenvalue weighted by Gasteiger charge is -2.13. The summed E-state index contributed by atoms with van der Waals surface area (Å²) in [5, 5.41) is 13.5. The topological polar surface area (TPSA) is 75.3 Å². The molecule has 0 radical (unpaired) electrons. The molecule has 1 unspecified atom stereocenters. The van der Waals surface area contributed by atoms with Gasteiger partial charge < -0.3 is 16.2 Å². The van der Waals surface area contributed by atoms with Crippen molar-refractivity contribution >= 4 is 22.9 Å². The Hall–Kier alpha value is -1.07. The summed E-state index contributed by atoms with van der Waals surface area (Å²) in [5.74, 6) is 0.207. The van der Waals surface area contributed by atoms with Crippen molar-refractivity contribution in [3.8, 4) is 0 Å². The zero-order chi connectivity index (χ0) is 12.0. The Morgan fingerprint density at radius 2 is 2.44 bits per heavy atom. The van der Waals surface area contributed by atoms with Crippen LogP contribution in [0.1, 0.15) is 29.4 Å². The van der Waals surface area contributed by atoms with Gasteiger partial charge in [0.05, 0.1) is 5.69 Å². The lowest BCUT2D eigenvalue weighted by molar-refractivity contribution is 0.0948. The number of nitrogens with one attached hydrogen (secondary N) is 1. The Labute approximate surface area is 99.5 Å². The van der Waals surface area contributed by atoms with Crippen molar-refractivity contribution in [2.75, 3.05) is 18.9 Å². The Balaban J connectivity index is 2.43. The molecule has 1 aromatic rings. The quantitative estimate of drug-likeness (QED) is 0.707. The number of aliphatic hydroxyl groups is 1. The van der Waals surface area contributed by atoms with E-state index in [0.717, 1.165) is 12.8 Å². The minimum Gasteiger partial charge on any atom is -0.397 e. The van der Waals surface area contributed by atoms with Gasteiger partial charge >= 0.3 is 0 Å². The lowest BCUT2D eigenvalue weighted by Crippen LogP contribution is -2.29. The molecule has 0 aliphatic carbocycles. The molecule has 0 saturated heterocycles. The number of hydrogen-bond acceptors (Lipinski definition) is 4. The molecule has 4 N–H and O–H groups in total. The Bertz CT molecular complexity index is 338. The van der Waals surface area contributed by atoms with Crippen LogP contribution < -0.4 is 11.1 Å². The summed E-state index contributed by atoms with van der Waals surface area (Å²) in [7, 11) is 0. The average molecular weight is 242 g/mol. The third-order valence-electron chi connectivity index (χ3n) is 2.57. The molecule has 1 rings (SSSR count). The van der Waals surface area contributed by atoms with Gasteiger partial charge in [-0.2, -0.15) is 0 Å². The molecule has 90 valence electrons. The predicted molar refractivity (Wildman–Crippen MR) is 66.5 cm³/mol. The number of nitrogens with two attached hydrogens (primary N) is 1. The summed E-state index contributed by atoms with van der Waals surface area (Å²) in [6.07, 6.45) is 1.66. The molecule has 0 spiro atoms. The van der Waals surface area contributed by atoms with Crippen molar-refractivity contribution in [2.45, 2.75) is 19.8 Å². The number of hydrogen-bond donors (Lipinski definition) is 3. The van der Waals surface area contributed by atoms with E-state index in [-0.39, 0.29) is 12.5 Å². The van der Waals surface area contributed by atoms with E-state index in [9.17, 15) is 4.79 Å². The molecular weight excluding hydrogens is 224 g/mol. The first-order valence-electron chi connectivity index (χ1n) is 5.41. The standard InChI is InChI=1S/C11H18N2O2S/c1-2-8(3-5-14)7-13-11(15)10-9(12)4-6-16-10/h4,6,8,14H,2-3,5,7,12H2,1H3,(H,13,15). The highest BCUT2D eigenvalue weighted by molar-refractivity contribution is 7.12. The maximum atomic E-state index is 11.7. The van der Waals surface area contributed by atoms with Gasteiger partial charge in [-0.15, -0.1) is 11.3 Å². The van der Waals surface area contributed by atoms with Crippen LogP contribution >= 0.6 is 11.3 Å². The Morgan fingerprint density at radius 3 is 2.94 bits per heavy atom. The summed E-state index contributed by atoms with van der Waals surface area (Å²) in [4.78, 5) is 12.3. The highest BCUT2D eigenvalue weighted by Crippen LogP contribution is 2.18. The lowest BCUT2D eigenvalue weighted by atomic mass is 10.0. The third kappa shape index (κ3) is 3.50. The molecule has 16 heavy (non-hydrogen) atoms. The summed E-state index contributed by atoms with van der Waals surface area (Å²) < 4.78 is 0. The molecule has 0 aliphatic rings. The average Bonchev–Trinajstić information content (AvgIpc) is 2.70. The van der Waals surface area contributed by atoms with Crippen LogP contribution in [0.2, 0.25) is 0 Å². The van der Waals surface area contributed by atoms with Crippen molar-refractivity contribution in [3.05, 3.63) is 16.3 Å². The van der Waals surface area contributed by atoms with Crippen LogP contribution in [-0.4, -0.2) is 24.2 Å². The van der Waals surface area contributed by atoms with Crippen LogP contribution in [0.15, 0.2) is 11.4 Å². The van der Waals surface area contributed by atoms with E-state index >= 15 is 0 Å². The zero-order valence-corrected chi connectivity index (χ0v) is 10.2. The number of carbonyl (C=O) groups is 1. The number of rotatable bonds is 6. The SMILES string of the molecule is CCC(CCO)CNC(=O)c1sccc1N. The monoisotopic (exact) mass is 242 g/mol. The molecule has 0 aromatic carbocycles. The summed E-state index contributed by atoms with van der Waals surface area (Å²) in [6, 6.07) is 1.73. The number of thiophene rings is 1. The molecule has 1 aromatic heterocycles. The second-order valence-corrected chi connectivity index (χ2v) is 4.62. The fourth-order valence-corrected chi connectivity index (χ4v) is 2.19. The van der Waals surface area contributed by atoms with Crippen LogP contribution in [0.4, 0.5) is 5.69 Å². The van der Waals surface area contributed by atoms with Crippen LogP contribution in [0.25, 0.3) is 0 Å². The van der Waals surface area contributed by atoms with Gasteiger partial charge in [0.1, 0.15) is 4.88 Å². The van der Waals surface area contributed by atoms with Crippen LogP contribution in [0.3, 0.4) is 0 Å². The maximum Gasteiger partial charge on any atom is 0.263 e. The number of aliphatic hydroxyl groups excluding tert-OH is 1. The highest BCUT2D eigenvalue weighted by atomic mass is 32.1. The molecule has 1 atom stereocenters. The van der Waals surface area contributed by atoms with E-state index in [2.05, 4.69) is 5.32 Å². The molecule has 4 nitrogen and oxygen atoms in total. The first kappa shape index (κ1) is 13.0. The molecule has 1 amide bonds. The molecular formula is C11H18N2O2S. The van der Waals surface area contributed by atoms with Crippen molar-refractivity contribution in [1.29, 1.82) is 0 Å². The van der Waals surface area contributed by atoms with Gasteiger partial charge in [0.2, 0.25) is 0 Å². The number of carbonyl (C=O) groups excluding carboxylic acids is 1. The van der Waals surface area contributed by atoms with E-state index in [1.165, 1.54) is 11.3 Å². The number of anilines is 1. The van der Waals surface area contributed by atoms with Crippen molar-refractivity contribution in [3.63, 3.8) is 0 Å². The van der Waals surface area contributed by atoms with E-state index in [0.29, 0.717) is 23.0 Å². The minimum absolute atomic E-state index is 0.121. The molecule has 0 fully saturated rings. The minimum atomic E-state index is -0.121. The fourth-order valence-electron chi connectivity index (χ4n) is 1.45. The second-order valence-electron chi connectivity index (χ2n) is 3.70. The van der Waals surface area contributed by atoms with E-state index < -0.39 is 0 Å². The van der Waals surface area contributed by atoms with Crippen molar-refractivity contribution < 1.29 is 9.90 Å². The van der Waals surface area contributed by atoms with Gasteiger partial charge in [-0.1, -0.05) is 13.3 Å². The van der Waals surface area contributed by atoms with Crippen LogP contribution in [0, 0.1) is 5.92 Å². The third-order valence-corrected chi connectivity index (χ3v) is 3.50. The first-order valence-corrected chi connectivity index (χ1v) is 6.29. The summed E-state index contributed by atoms with van der Waals surface area (Å²) in [5.41, 5.74) is 6.17. The Kier molecular flexibility index (Phi) is 5.28. The van der Waals surface area contributed by atoms with Gasteiger partial charge in [0.15, 0.2) is 0 Å². The predicted octanol–water partition coefficient (Wildman–Crippen LogP) is 1.47. The normalized spacial score (nSPS) is 12.4. The van der Waals surface area contributed by atoms with Gasteiger partial charge in [0, 0.05) is 13.2 Å². The van der Waals surface area contributed by atoms with Gasteiger partial charge in [-0.05, 0) is 23.8 Å². The van der Waals surface area contributed by atoms with E-state index in [4.69, 9.17) is 10.8 Å². The van der Waals surface area contributed by atoms with Gasteiger partial charge in [-0.3, -0.25) is 4.79 Å². The van der Waals surface area contributed by atoms with Gasteiger partial charge in [0.25, 0.3) is 5.91 Å².